The topological polar surface area (TPSA) is 46.1 Å². The predicted molar refractivity (Wildman–Crippen MR) is 99.7 cm³/mol. The molecule has 0 atom stereocenters. The van der Waals surface area contributed by atoms with Gasteiger partial charge >= 0.3 is 6.18 Å². The average Bonchev–Trinajstić information content (AvgIpc) is 2.67. The van der Waals surface area contributed by atoms with Gasteiger partial charge in [-0.15, -0.1) is 0 Å². The first-order valence-electron chi connectivity index (χ1n) is 8.21. The molecule has 1 aromatic heterocycles. The van der Waals surface area contributed by atoms with Gasteiger partial charge in [-0.05, 0) is 24.4 Å². The summed E-state index contributed by atoms with van der Waals surface area (Å²) in [7, 11) is 0. The number of thioether (sulfide) groups is 1. The number of alkyl halides is 3. The molecule has 8 heteroatoms. The lowest BCUT2D eigenvalue weighted by molar-refractivity contribution is -0.141. The molecule has 0 saturated heterocycles. The maximum absolute atomic E-state index is 12.7. The third-order valence-corrected chi connectivity index (χ3v) is 4.77. The monoisotopic (exact) mass is 391 g/mol. The highest BCUT2D eigenvalue weighted by Gasteiger charge is 2.32. The number of hydrogen-bond donors (Lipinski definition) is 0. The van der Waals surface area contributed by atoms with Crippen LogP contribution in [0.4, 0.5) is 18.9 Å². The van der Waals surface area contributed by atoms with Crippen LogP contribution in [0.3, 0.4) is 0 Å². The molecular formula is C19H16F3N3OS. The van der Waals surface area contributed by atoms with Gasteiger partial charge in [0, 0.05) is 18.1 Å². The van der Waals surface area contributed by atoms with E-state index < -0.39 is 11.9 Å². The first kappa shape index (κ1) is 19.2. The molecule has 0 aliphatic carbocycles. The molecule has 0 aliphatic heterocycles. The molecule has 3 rings (SSSR count). The van der Waals surface area contributed by atoms with Crippen LogP contribution in [0.2, 0.25) is 0 Å². The molecule has 0 radical (unpaired) electrons. The van der Waals surface area contributed by atoms with Gasteiger partial charge in [0.05, 0.1) is 11.4 Å². The number of fused-ring (bicyclic) bond motifs is 1. The van der Waals surface area contributed by atoms with Gasteiger partial charge in [-0.2, -0.15) is 13.2 Å². The molecule has 0 aliphatic rings. The molecule has 140 valence electrons. The zero-order valence-corrected chi connectivity index (χ0v) is 15.2. The minimum Gasteiger partial charge on any atom is -0.311 e. The molecular weight excluding hydrogens is 375 g/mol. The second-order valence-electron chi connectivity index (χ2n) is 5.65. The standard InChI is InChI=1S/C19H16F3N3OS/c1-2-25(15-9-5-7-13-6-3-4-8-14(13)15)17(26)12-27-18-23-11-10-16(24-18)19(20,21)22/h3-11H,2,12H2,1H3. The fraction of sp³-hybridized carbons (Fsp3) is 0.211. The smallest absolute Gasteiger partial charge is 0.311 e. The summed E-state index contributed by atoms with van der Waals surface area (Å²) in [4.78, 5) is 21.6. The molecule has 0 fully saturated rings. The van der Waals surface area contributed by atoms with Crippen LogP contribution < -0.4 is 4.90 Å². The van der Waals surface area contributed by atoms with E-state index in [0.717, 1.165) is 40.5 Å². The van der Waals surface area contributed by atoms with E-state index in [-0.39, 0.29) is 16.8 Å². The van der Waals surface area contributed by atoms with E-state index in [0.29, 0.717) is 6.54 Å². The first-order chi connectivity index (χ1) is 12.9. The molecule has 2 aromatic carbocycles. The molecule has 0 spiro atoms. The summed E-state index contributed by atoms with van der Waals surface area (Å²) >= 11 is 0.889. The van der Waals surface area contributed by atoms with Crippen molar-refractivity contribution in [1.82, 2.24) is 9.97 Å². The molecule has 3 aromatic rings. The number of aromatic nitrogens is 2. The van der Waals surface area contributed by atoms with Gasteiger partial charge < -0.3 is 4.90 Å². The zero-order chi connectivity index (χ0) is 19.4. The molecule has 27 heavy (non-hydrogen) atoms. The van der Waals surface area contributed by atoms with E-state index in [9.17, 15) is 18.0 Å². The Kier molecular flexibility index (Phi) is 5.65. The van der Waals surface area contributed by atoms with Gasteiger partial charge in [-0.25, -0.2) is 9.97 Å². The number of carbonyl (C=O) groups is 1. The number of nitrogens with zero attached hydrogens (tertiary/aromatic N) is 3. The minimum atomic E-state index is -4.54. The van der Waals surface area contributed by atoms with E-state index in [1.165, 1.54) is 0 Å². The Hall–Kier alpha value is -2.61. The van der Waals surface area contributed by atoms with Crippen LogP contribution in [0.25, 0.3) is 10.8 Å². The second-order valence-corrected chi connectivity index (χ2v) is 6.59. The average molecular weight is 391 g/mol. The van der Waals surface area contributed by atoms with Crippen LogP contribution >= 0.6 is 11.8 Å². The molecule has 0 saturated carbocycles. The predicted octanol–water partition coefficient (Wildman–Crippen LogP) is 4.79. The Morgan fingerprint density at radius 1 is 1.11 bits per heavy atom. The SMILES string of the molecule is CCN(C(=O)CSc1nccc(C(F)(F)F)n1)c1cccc2ccccc12. The van der Waals surface area contributed by atoms with Crippen LogP contribution in [0.1, 0.15) is 12.6 Å². The number of amides is 1. The van der Waals surface area contributed by atoms with E-state index >= 15 is 0 Å². The first-order valence-corrected chi connectivity index (χ1v) is 9.20. The lowest BCUT2D eigenvalue weighted by Crippen LogP contribution is -2.32. The Morgan fingerprint density at radius 2 is 1.85 bits per heavy atom. The Balaban J connectivity index is 1.78. The Morgan fingerprint density at radius 3 is 2.59 bits per heavy atom. The van der Waals surface area contributed by atoms with Gasteiger partial charge in [-0.1, -0.05) is 48.2 Å². The van der Waals surface area contributed by atoms with Gasteiger partial charge in [0.1, 0.15) is 5.69 Å². The maximum Gasteiger partial charge on any atom is 0.433 e. The summed E-state index contributed by atoms with van der Waals surface area (Å²) in [5.74, 6) is -0.280. The molecule has 0 N–H and O–H groups in total. The fourth-order valence-corrected chi connectivity index (χ4v) is 3.40. The molecule has 1 heterocycles. The van der Waals surface area contributed by atoms with E-state index in [4.69, 9.17) is 0 Å². The van der Waals surface area contributed by atoms with Crippen molar-refractivity contribution in [3.05, 3.63) is 60.4 Å². The Bertz CT molecular complexity index is 957. The normalized spacial score (nSPS) is 11.6. The van der Waals surface area contributed by atoms with Crippen molar-refractivity contribution in [1.29, 1.82) is 0 Å². The van der Waals surface area contributed by atoms with Crippen molar-refractivity contribution in [2.24, 2.45) is 0 Å². The van der Waals surface area contributed by atoms with Crippen LogP contribution in [-0.2, 0) is 11.0 Å². The minimum absolute atomic E-state index is 0.0572. The quantitative estimate of drug-likeness (QED) is 0.463. The highest BCUT2D eigenvalue weighted by atomic mass is 32.2. The number of carbonyl (C=O) groups excluding carboxylic acids is 1. The van der Waals surface area contributed by atoms with E-state index in [1.54, 1.807) is 4.90 Å². The number of benzene rings is 2. The number of rotatable bonds is 5. The Labute approximate surface area is 158 Å². The maximum atomic E-state index is 12.7. The van der Waals surface area contributed by atoms with Crippen LogP contribution in [0, 0.1) is 0 Å². The number of anilines is 1. The summed E-state index contributed by atoms with van der Waals surface area (Å²) in [6.07, 6.45) is -3.49. The summed E-state index contributed by atoms with van der Waals surface area (Å²) < 4.78 is 38.2. The zero-order valence-electron chi connectivity index (χ0n) is 14.4. The molecule has 1 amide bonds. The van der Waals surface area contributed by atoms with Gasteiger partial charge in [0.15, 0.2) is 5.16 Å². The summed E-state index contributed by atoms with van der Waals surface area (Å²) in [6, 6.07) is 14.2. The third kappa shape index (κ3) is 4.39. The summed E-state index contributed by atoms with van der Waals surface area (Å²) in [5.41, 5.74) is -0.250. The lowest BCUT2D eigenvalue weighted by atomic mass is 10.1. The van der Waals surface area contributed by atoms with Crippen molar-refractivity contribution in [2.45, 2.75) is 18.3 Å². The third-order valence-electron chi connectivity index (χ3n) is 3.92. The van der Waals surface area contributed by atoms with Crippen molar-refractivity contribution in [3.63, 3.8) is 0 Å². The van der Waals surface area contributed by atoms with Crippen molar-refractivity contribution >= 4 is 34.1 Å². The molecule has 4 nitrogen and oxygen atoms in total. The number of halogens is 3. The van der Waals surface area contributed by atoms with Crippen molar-refractivity contribution in [3.8, 4) is 0 Å². The van der Waals surface area contributed by atoms with Gasteiger partial charge in [0.25, 0.3) is 0 Å². The van der Waals surface area contributed by atoms with E-state index in [1.807, 2.05) is 49.4 Å². The van der Waals surface area contributed by atoms with Crippen molar-refractivity contribution < 1.29 is 18.0 Å². The molecule has 0 unspecified atom stereocenters. The highest BCUT2D eigenvalue weighted by molar-refractivity contribution is 7.99. The van der Waals surface area contributed by atoms with Crippen LogP contribution in [0.15, 0.2) is 59.9 Å². The van der Waals surface area contributed by atoms with Gasteiger partial charge in [0.2, 0.25) is 5.91 Å². The second kappa shape index (κ2) is 7.96. The number of hydrogen-bond acceptors (Lipinski definition) is 4. The van der Waals surface area contributed by atoms with E-state index in [2.05, 4.69) is 9.97 Å². The highest BCUT2D eigenvalue weighted by Crippen LogP contribution is 2.29. The van der Waals surface area contributed by atoms with Crippen LogP contribution in [-0.4, -0.2) is 28.2 Å². The van der Waals surface area contributed by atoms with Crippen molar-refractivity contribution in [2.75, 3.05) is 17.2 Å². The molecule has 0 bridgehead atoms. The van der Waals surface area contributed by atoms with Crippen LogP contribution in [0.5, 0.6) is 0 Å². The van der Waals surface area contributed by atoms with Gasteiger partial charge in [-0.3, -0.25) is 4.79 Å². The lowest BCUT2D eigenvalue weighted by Gasteiger charge is -2.22. The largest absolute Gasteiger partial charge is 0.433 e. The summed E-state index contributed by atoms with van der Waals surface area (Å²) in [5, 5.41) is 1.87. The summed E-state index contributed by atoms with van der Waals surface area (Å²) in [6.45, 7) is 2.29. The fourth-order valence-electron chi connectivity index (χ4n) is 2.70.